The van der Waals surface area contributed by atoms with Crippen molar-refractivity contribution in [1.82, 2.24) is 5.32 Å². The van der Waals surface area contributed by atoms with E-state index in [1.807, 2.05) is 0 Å². The lowest BCUT2D eigenvalue weighted by atomic mass is 9.95. The Kier molecular flexibility index (Phi) is 3.69. The summed E-state index contributed by atoms with van der Waals surface area (Å²) in [4.78, 5) is 4.27. The van der Waals surface area contributed by atoms with Gasteiger partial charge in [-0.3, -0.25) is 4.99 Å². The van der Waals surface area contributed by atoms with Crippen molar-refractivity contribution in [3.63, 3.8) is 0 Å². The first-order valence-electron chi connectivity index (χ1n) is 6.47. The summed E-state index contributed by atoms with van der Waals surface area (Å²) in [6.07, 6.45) is 8.83. The van der Waals surface area contributed by atoms with Crippen LogP contribution in [-0.2, 0) is 0 Å². The Morgan fingerprint density at radius 1 is 1.25 bits per heavy atom. The van der Waals surface area contributed by atoms with Gasteiger partial charge in [0, 0.05) is 6.04 Å². The second-order valence-corrected chi connectivity index (χ2v) is 5.26. The molecule has 0 aromatic heterocycles. The van der Waals surface area contributed by atoms with Crippen molar-refractivity contribution >= 4 is 5.96 Å². The van der Waals surface area contributed by atoms with Gasteiger partial charge >= 0.3 is 0 Å². The SMILES string of the molecule is NC(=NCC1(O)CCCCCC1)NC1CC1. The van der Waals surface area contributed by atoms with Crippen LogP contribution in [0.15, 0.2) is 4.99 Å². The third-order valence-electron chi connectivity index (χ3n) is 3.51. The molecule has 0 radical (unpaired) electrons. The standard InChI is InChI=1S/C12H23N3O/c13-11(15-10-5-6-10)14-9-12(16)7-3-1-2-4-8-12/h10,16H,1-9H2,(H3,13,14,15). The van der Waals surface area contributed by atoms with Gasteiger partial charge in [0.15, 0.2) is 5.96 Å². The van der Waals surface area contributed by atoms with Crippen LogP contribution in [0, 0.1) is 0 Å². The number of guanidine groups is 1. The highest BCUT2D eigenvalue weighted by Crippen LogP contribution is 2.27. The highest BCUT2D eigenvalue weighted by molar-refractivity contribution is 5.78. The predicted molar refractivity (Wildman–Crippen MR) is 65.3 cm³/mol. The summed E-state index contributed by atoms with van der Waals surface area (Å²) in [5, 5.41) is 13.5. The van der Waals surface area contributed by atoms with Gasteiger partial charge in [-0.25, -0.2) is 0 Å². The summed E-state index contributed by atoms with van der Waals surface area (Å²) in [5.41, 5.74) is 5.15. The highest BCUT2D eigenvalue weighted by atomic mass is 16.3. The maximum atomic E-state index is 10.4. The lowest BCUT2D eigenvalue weighted by Gasteiger charge is -2.24. The van der Waals surface area contributed by atoms with Gasteiger partial charge < -0.3 is 16.2 Å². The van der Waals surface area contributed by atoms with Crippen LogP contribution in [0.3, 0.4) is 0 Å². The molecule has 92 valence electrons. The van der Waals surface area contributed by atoms with E-state index in [1.165, 1.54) is 25.7 Å². The molecule has 0 spiro atoms. The molecule has 4 N–H and O–H groups in total. The first kappa shape index (κ1) is 11.7. The second-order valence-electron chi connectivity index (χ2n) is 5.26. The fraction of sp³-hybridized carbons (Fsp3) is 0.917. The predicted octanol–water partition coefficient (Wildman–Crippen LogP) is 1.14. The number of rotatable bonds is 3. The Morgan fingerprint density at radius 3 is 2.44 bits per heavy atom. The minimum Gasteiger partial charge on any atom is -0.388 e. The molecule has 16 heavy (non-hydrogen) atoms. The zero-order chi connectivity index (χ0) is 11.4. The third-order valence-corrected chi connectivity index (χ3v) is 3.51. The first-order valence-corrected chi connectivity index (χ1v) is 6.47. The molecular formula is C12H23N3O. The molecule has 0 aromatic rings. The van der Waals surface area contributed by atoms with Crippen molar-refractivity contribution in [2.24, 2.45) is 10.7 Å². The zero-order valence-corrected chi connectivity index (χ0v) is 9.91. The molecular weight excluding hydrogens is 202 g/mol. The molecule has 4 nitrogen and oxygen atoms in total. The first-order chi connectivity index (χ1) is 7.68. The van der Waals surface area contributed by atoms with Crippen molar-refractivity contribution in [3.8, 4) is 0 Å². The van der Waals surface area contributed by atoms with E-state index in [4.69, 9.17) is 5.73 Å². The smallest absolute Gasteiger partial charge is 0.188 e. The Balaban J connectivity index is 1.80. The highest BCUT2D eigenvalue weighted by Gasteiger charge is 2.28. The molecule has 2 fully saturated rings. The van der Waals surface area contributed by atoms with E-state index in [0.717, 1.165) is 25.7 Å². The fourth-order valence-electron chi connectivity index (χ4n) is 2.26. The Labute approximate surface area is 97.3 Å². The van der Waals surface area contributed by atoms with Gasteiger partial charge in [0.2, 0.25) is 0 Å². The number of aliphatic imine (C=N–C) groups is 1. The van der Waals surface area contributed by atoms with Crippen LogP contribution in [-0.4, -0.2) is 29.3 Å². The number of hydrogen-bond acceptors (Lipinski definition) is 2. The van der Waals surface area contributed by atoms with Gasteiger partial charge in [-0.15, -0.1) is 0 Å². The molecule has 0 aromatic carbocycles. The minimum absolute atomic E-state index is 0.457. The molecule has 0 bridgehead atoms. The largest absolute Gasteiger partial charge is 0.388 e. The van der Waals surface area contributed by atoms with Crippen LogP contribution < -0.4 is 11.1 Å². The minimum atomic E-state index is -0.605. The van der Waals surface area contributed by atoms with E-state index >= 15 is 0 Å². The van der Waals surface area contributed by atoms with Gasteiger partial charge in [-0.2, -0.15) is 0 Å². The monoisotopic (exact) mass is 225 g/mol. The summed E-state index contributed by atoms with van der Waals surface area (Å²) >= 11 is 0. The van der Waals surface area contributed by atoms with Crippen LogP contribution in [0.4, 0.5) is 0 Å². The van der Waals surface area contributed by atoms with E-state index < -0.39 is 5.60 Å². The molecule has 0 amide bonds. The lowest BCUT2D eigenvalue weighted by Crippen LogP contribution is -2.37. The lowest BCUT2D eigenvalue weighted by molar-refractivity contribution is 0.0343. The molecule has 2 rings (SSSR count). The van der Waals surface area contributed by atoms with Crippen LogP contribution in [0.5, 0.6) is 0 Å². The second kappa shape index (κ2) is 5.04. The van der Waals surface area contributed by atoms with Crippen molar-refractivity contribution in [2.75, 3.05) is 6.54 Å². The van der Waals surface area contributed by atoms with Crippen LogP contribution in [0.1, 0.15) is 51.4 Å². The molecule has 2 aliphatic rings. The third kappa shape index (κ3) is 3.67. The number of hydrogen-bond donors (Lipinski definition) is 3. The summed E-state index contributed by atoms with van der Waals surface area (Å²) < 4.78 is 0. The Morgan fingerprint density at radius 2 is 1.88 bits per heavy atom. The van der Waals surface area contributed by atoms with E-state index in [1.54, 1.807) is 0 Å². The molecule has 2 saturated carbocycles. The van der Waals surface area contributed by atoms with Gasteiger partial charge in [-0.05, 0) is 25.7 Å². The van der Waals surface area contributed by atoms with Crippen LogP contribution in [0.2, 0.25) is 0 Å². The molecule has 0 heterocycles. The number of aliphatic hydroxyl groups is 1. The van der Waals surface area contributed by atoms with Gasteiger partial charge in [-0.1, -0.05) is 25.7 Å². The van der Waals surface area contributed by atoms with Crippen LogP contribution in [0.25, 0.3) is 0 Å². The van der Waals surface area contributed by atoms with E-state index in [9.17, 15) is 5.11 Å². The number of nitrogens with one attached hydrogen (secondary N) is 1. The van der Waals surface area contributed by atoms with E-state index in [2.05, 4.69) is 10.3 Å². The van der Waals surface area contributed by atoms with Gasteiger partial charge in [0.25, 0.3) is 0 Å². The summed E-state index contributed by atoms with van der Waals surface area (Å²) in [6, 6.07) is 0.535. The summed E-state index contributed by atoms with van der Waals surface area (Å²) in [6.45, 7) is 0.457. The summed E-state index contributed by atoms with van der Waals surface area (Å²) in [7, 11) is 0. The maximum Gasteiger partial charge on any atom is 0.188 e. The van der Waals surface area contributed by atoms with Crippen molar-refractivity contribution in [1.29, 1.82) is 0 Å². The maximum absolute atomic E-state index is 10.4. The van der Waals surface area contributed by atoms with E-state index in [0.29, 0.717) is 18.5 Å². The average molecular weight is 225 g/mol. The van der Waals surface area contributed by atoms with Crippen LogP contribution >= 0.6 is 0 Å². The molecule has 2 aliphatic carbocycles. The fourth-order valence-corrected chi connectivity index (χ4v) is 2.26. The molecule has 0 unspecified atom stereocenters. The number of nitrogens with two attached hydrogens (primary N) is 1. The van der Waals surface area contributed by atoms with E-state index in [-0.39, 0.29) is 0 Å². The zero-order valence-electron chi connectivity index (χ0n) is 9.91. The molecule has 0 aliphatic heterocycles. The number of nitrogens with zero attached hydrogens (tertiary/aromatic N) is 1. The van der Waals surface area contributed by atoms with Gasteiger partial charge in [0.05, 0.1) is 12.1 Å². The molecule has 0 saturated heterocycles. The summed E-state index contributed by atoms with van der Waals surface area (Å²) in [5.74, 6) is 0.500. The topological polar surface area (TPSA) is 70.6 Å². The average Bonchev–Trinajstić information content (AvgIpc) is 3.05. The van der Waals surface area contributed by atoms with Crippen molar-refractivity contribution < 1.29 is 5.11 Å². The van der Waals surface area contributed by atoms with Crippen molar-refractivity contribution in [3.05, 3.63) is 0 Å². The Hall–Kier alpha value is -0.770. The quantitative estimate of drug-likeness (QED) is 0.383. The normalized spacial score (nSPS) is 26.2. The Bertz CT molecular complexity index is 253. The molecule has 4 heteroatoms. The molecule has 0 atom stereocenters. The van der Waals surface area contributed by atoms with Crippen molar-refractivity contribution in [2.45, 2.75) is 63.0 Å². The van der Waals surface area contributed by atoms with Gasteiger partial charge in [0.1, 0.15) is 0 Å².